The van der Waals surface area contributed by atoms with E-state index in [2.05, 4.69) is 16.4 Å². The largest absolute Gasteiger partial charge is 0.493 e. The molecule has 8 nitrogen and oxygen atoms in total. The van der Waals surface area contributed by atoms with Crippen LogP contribution in [0.5, 0.6) is 11.5 Å². The van der Waals surface area contributed by atoms with Gasteiger partial charge in [0.15, 0.2) is 11.5 Å². The van der Waals surface area contributed by atoms with E-state index in [9.17, 15) is 15.4 Å². The lowest BCUT2D eigenvalue weighted by Crippen LogP contribution is -1.93. The van der Waals surface area contributed by atoms with Crippen LogP contribution in [0.4, 0.5) is 11.4 Å². The van der Waals surface area contributed by atoms with Gasteiger partial charge in [-0.15, -0.1) is 11.3 Å². The van der Waals surface area contributed by atoms with Gasteiger partial charge in [0.2, 0.25) is 0 Å². The van der Waals surface area contributed by atoms with Crippen molar-refractivity contribution in [2.24, 2.45) is 0 Å². The summed E-state index contributed by atoms with van der Waals surface area (Å²) in [6.45, 7) is 0. The van der Waals surface area contributed by atoms with Gasteiger partial charge in [0.25, 0.3) is 5.69 Å². The van der Waals surface area contributed by atoms with Gasteiger partial charge in [-0.25, -0.2) is 4.98 Å². The molecule has 29 heavy (non-hydrogen) atoms. The molecule has 3 rings (SSSR count). The van der Waals surface area contributed by atoms with E-state index in [1.54, 1.807) is 32.4 Å². The molecule has 0 amide bonds. The van der Waals surface area contributed by atoms with Crippen LogP contribution in [-0.4, -0.2) is 24.1 Å². The summed E-state index contributed by atoms with van der Waals surface area (Å²) in [7, 11) is 3.13. The Kier molecular flexibility index (Phi) is 6.06. The molecule has 1 aromatic heterocycles. The normalized spacial score (nSPS) is 10.9. The number of thiazole rings is 1. The summed E-state index contributed by atoms with van der Waals surface area (Å²) in [5.74, 6) is 1.20. The third kappa shape index (κ3) is 4.51. The number of rotatable bonds is 7. The summed E-state index contributed by atoms with van der Waals surface area (Å²) in [4.78, 5) is 14.9. The Morgan fingerprint density at radius 2 is 2.03 bits per heavy atom. The van der Waals surface area contributed by atoms with Gasteiger partial charge < -0.3 is 14.8 Å². The van der Waals surface area contributed by atoms with E-state index < -0.39 is 4.92 Å². The van der Waals surface area contributed by atoms with Crippen LogP contribution in [0.25, 0.3) is 16.8 Å². The zero-order valence-electron chi connectivity index (χ0n) is 15.6. The lowest BCUT2D eigenvalue weighted by Gasteiger charge is -2.08. The van der Waals surface area contributed by atoms with Crippen molar-refractivity contribution in [2.45, 2.75) is 0 Å². The van der Waals surface area contributed by atoms with Gasteiger partial charge in [-0.2, -0.15) is 5.26 Å². The van der Waals surface area contributed by atoms with Gasteiger partial charge >= 0.3 is 0 Å². The molecule has 9 heteroatoms. The van der Waals surface area contributed by atoms with Crippen molar-refractivity contribution < 1.29 is 14.4 Å². The molecule has 0 aliphatic rings. The van der Waals surface area contributed by atoms with Crippen LogP contribution in [-0.2, 0) is 0 Å². The van der Waals surface area contributed by atoms with Gasteiger partial charge in [0.1, 0.15) is 16.6 Å². The second-order valence-corrected chi connectivity index (χ2v) is 6.59. The molecule has 1 N–H and O–H groups in total. The number of anilines is 1. The second kappa shape index (κ2) is 8.86. The molecule has 0 spiro atoms. The van der Waals surface area contributed by atoms with Crippen LogP contribution in [0.1, 0.15) is 5.01 Å². The Bertz CT molecular complexity index is 1120. The van der Waals surface area contributed by atoms with E-state index in [-0.39, 0.29) is 5.69 Å². The first-order valence-electron chi connectivity index (χ1n) is 8.35. The minimum atomic E-state index is -0.476. The summed E-state index contributed by atoms with van der Waals surface area (Å²) < 4.78 is 10.6. The number of methoxy groups -OCH3 is 2. The maximum atomic E-state index is 10.9. The molecule has 1 heterocycles. The highest BCUT2D eigenvalue weighted by Gasteiger charge is 2.12. The lowest BCUT2D eigenvalue weighted by atomic mass is 10.1. The molecule has 0 atom stereocenters. The zero-order chi connectivity index (χ0) is 20.8. The Morgan fingerprint density at radius 3 is 2.72 bits per heavy atom. The van der Waals surface area contributed by atoms with Crippen LogP contribution in [0, 0.1) is 21.4 Å². The molecule has 0 saturated carbocycles. The van der Waals surface area contributed by atoms with Crippen molar-refractivity contribution in [1.29, 1.82) is 5.26 Å². The molecule has 0 aliphatic carbocycles. The van der Waals surface area contributed by atoms with Crippen molar-refractivity contribution in [3.8, 4) is 28.8 Å². The summed E-state index contributed by atoms with van der Waals surface area (Å²) >= 11 is 1.32. The number of allylic oxidation sites excluding steroid dienone is 1. The number of nitrogens with one attached hydrogen (secondary N) is 1. The van der Waals surface area contributed by atoms with E-state index in [1.165, 1.54) is 29.7 Å². The molecule has 0 aliphatic heterocycles. The summed E-state index contributed by atoms with van der Waals surface area (Å²) in [5, 5.41) is 25.7. The fourth-order valence-corrected chi connectivity index (χ4v) is 3.33. The minimum Gasteiger partial charge on any atom is -0.493 e. The van der Waals surface area contributed by atoms with Crippen molar-refractivity contribution >= 4 is 28.3 Å². The predicted molar refractivity (Wildman–Crippen MR) is 111 cm³/mol. The fourth-order valence-electron chi connectivity index (χ4n) is 2.53. The third-order valence-electron chi connectivity index (χ3n) is 3.97. The summed E-state index contributed by atoms with van der Waals surface area (Å²) in [6, 6.07) is 13.6. The number of benzene rings is 2. The number of non-ortho nitro benzene ring substituents is 1. The number of nitro benzene ring substituents is 1. The number of nitro groups is 1. The molecule has 0 saturated heterocycles. The molecule has 146 valence electrons. The lowest BCUT2D eigenvalue weighted by molar-refractivity contribution is -0.384. The van der Waals surface area contributed by atoms with Crippen LogP contribution >= 0.6 is 11.3 Å². The molecule has 2 aromatic carbocycles. The number of ether oxygens (including phenoxy) is 2. The van der Waals surface area contributed by atoms with Gasteiger partial charge in [-0.1, -0.05) is 6.07 Å². The maximum Gasteiger partial charge on any atom is 0.271 e. The fraction of sp³-hybridized carbons (Fsp3) is 0.100. The molecule has 0 fully saturated rings. The van der Waals surface area contributed by atoms with Gasteiger partial charge in [0, 0.05) is 35.0 Å². The van der Waals surface area contributed by atoms with E-state index in [0.717, 1.165) is 5.56 Å². The van der Waals surface area contributed by atoms with Gasteiger partial charge in [0.05, 0.1) is 24.8 Å². The molecular weight excluding hydrogens is 392 g/mol. The Morgan fingerprint density at radius 1 is 1.24 bits per heavy atom. The molecule has 0 bridgehead atoms. The summed E-state index contributed by atoms with van der Waals surface area (Å²) in [6.07, 6.45) is 1.48. The average molecular weight is 408 g/mol. The van der Waals surface area contributed by atoms with E-state index in [1.807, 2.05) is 17.5 Å². The minimum absolute atomic E-state index is 0.0353. The van der Waals surface area contributed by atoms with Crippen LogP contribution < -0.4 is 14.8 Å². The van der Waals surface area contributed by atoms with E-state index in [4.69, 9.17) is 9.47 Å². The quantitative estimate of drug-likeness (QED) is 0.342. The standard InChI is InChI=1S/C20H16N4O4S/c1-27-18-7-6-13(8-19(18)28-2)17-12-29-20(23-17)14(10-21)11-22-15-4-3-5-16(9-15)24(25)26/h3-9,11-12,22H,1-2H3/b14-11+. The Hall–Kier alpha value is -3.90. The number of nitrogens with zero attached hydrogens (tertiary/aromatic N) is 3. The molecular formula is C20H16N4O4S. The zero-order valence-corrected chi connectivity index (χ0v) is 16.4. The topological polar surface area (TPSA) is 110 Å². The van der Waals surface area contributed by atoms with E-state index >= 15 is 0 Å². The third-order valence-corrected chi connectivity index (χ3v) is 4.85. The molecule has 0 radical (unpaired) electrons. The highest BCUT2D eigenvalue weighted by Crippen LogP contribution is 2.33. The number of hydrogen-bond donors (Lipinski definition) is 1. The van der Waals surface area contributed by atoms with Crippen LogP contribution in [0.15, 0.2) is 54.0 Å². The van der Waals surface area contributed by atoms with E-state index in [0.29, 0.717) is 33.5 Å². The highest BCUT2D eigenvalue weighted by atomic mass is 32.1. The van der Waals surface area contributed by atoms with Crippen molar-refractivity contribution in [1.82, 2.24) is 4.98 Å². The number of nitriles is 1. The van der Waals surface area contributed by atoms with Crippen LogP contribution in [0.3, 0.4) is 0 Å². The predicted octanol–water partition coefficient (Wildman–Crippen LogP) is 4.71. The van der Waals surface area contributed by atoms with Crippen molar-refractivity contribution in [3.63, 3.8) is 0 Å². The number of hydrogen-bond acceptors (Lipinski definition) is 8. The highest BCUT2D eigenvalue weighted by molar-refractivity contribution is 7.11. The van der Waals surface area contributed by atoms with Crippen molar-refractivity contribution in [3.05, 3.63) is 69.2 Å². The van der Waals surface area contributed by atoms with Crippen molar-refractivity contribution in [2.75, 3.05) is 19.5 Å². The SMILES string of the molecule is COc1ccc(-c2csc(/C(C#N)=C/Nc3cccc([N+](=O)[O-])c3)n2)cc1OC. The Balaban J connectivity index is 1.84. The van der Waals surface area contributed by atoms with Gasteiger partial charge in [-0.05, 0) is 24.3 Å². The maximum absolute atomic E-state index is 10.9. The first kappa shape index (κ1) is 19.9. The Labute approximate surface area is 170 Å². The molecule has 3 aromatic rings. The van der Waals surface area contributed by atoms with Crippen LogP contribution in [0.2, 0.25) is 0 Å². The monoisotopic (exact) mass is 408 g/mol. The second-order valence-electron chi connectivity index (χ2n) is 5.73. The first-order valence-corrected chi connectivity index (χ1v) is 9.23. The summed E-state index contributed by atoms with van der Waals surface area (Å²) in [5.41, 5.74) is 2.31. The average Bonchev–Trinajstić information content (AvgIpc) is 3.24. The first-order chi connectivity index (χ1) is 14.0. The molecule has 0 unspecified atom stereocenters. The van der Waals surface area contributed by atoms with Gasteiger partial charge in [-0.3, -0.25) is 10.1 Å². The number of aromatic nitrogens is 1. The smallest absolute Gasteiger partial charge is 0.271 e.